The van der Waals surface area contributed by atoms with E-state index < -0.39 is 5.54 Å². The molecule has 2 aliphatic heterocycles. The van der Waals surface area contributed by atoms with Crippen molar-refractivity contribution in [1.82, 2.24) is 14.8 Å². The molecule has 1 spiro atoms. The van der Waals surface area contributed by atoms with Crippen LogP contribution in [0.2, 0.25) is 0 Å². The zero-order valence-corrected chi connectivity index (χ0v) is 17.4. The van der Waals surface area contributed by atoms with Crippen LogP contribution in [-0.4, -0.2) is 51.3 Å². The lowest BCUT2D eigenvalue weighted by atomic mass is 9.84. The maximum atomic E-state index is 13.9. The highest BCUT2D eigenvalue weighted by Gasteiger charge is 2.53. The maximum absolute atomic E-state index is 13.9. The fraction of sp³-hybridized carbons (Fsp3) is 0.542. The predicted molar refractivity (Wildman–Crippen MR) is 113 cm³/mol. The third kappa shape index (κ3) is 2.93. The number of benzene rings is 1. The number of aromatic nitrogens is 1. The summed E-state index contributed by atoms with van der Waals surface area (Å²) in [6.45, 7) is 5.59. The van der Waals surface area contributed by atoms with Gasteiger partial charge in [0.25, 0.3) is 5.91 Å². The molecule has 2 amide bonds. The minimum Gasteiger partial charge on any atom is -0.338 e. The molecule has 5 heteroatoms. The second kappa shape index (κ2) is 6.82. The predicted octanol–water partition coefficient (Wildman–Crippen LogP) is 4.12. The van der Waals surface area contributed by atoms with Gasteiger partial charge in [0.2, 0.25) is 5.91 Å². The summed E-state index contributed by atoms with van der Waals surface area (Å²) >= 11 is 0. The van der Waals surface area contributed by atoms with Crippen LogP contribution >= 0.6 is 0 Å². The van der Waals surface area contributed by atoms with Crippen molar-refractivity contribution in [3.05, 3.63) is 41.6 Å². The van der Waals surface area contributed by atoms with E-state index in [4.69, 9.17) is 4.98 Å². The molecule has 0 bridgehead atoms. The molecule has 3 fully saturated rings. The Morgan fingerprint density at radius 3 is 2.59 bits per heavy atom. The van der Waals surface area contributed by atoms with Gasteiger partial charge in [0.15, 0.2) is 0 Å². The van der Waals surface area contributed by atoms with E-state index in [-0.39, 0.29) is 17.9 Å². The number of fused-ring (bicyclic) bond motifs is 1. The van der Waals surface area contributed by atoms with E-state index in [1.807, 2.05) is 40.1 Å². The zero-order valence-electron chi connectivity index (χ0n) is 17.4. The summed E-state index contributed by atoms with van der Waals surface area (Å²) < 4.78 is 0. The highest BCUT2D eigenvalue weighted by molar-refractivity contribution is 6.08. The first kappa shape index (κ1) is 18.6. The molecule has 5 nitrogen and oxygen atoms in total. The van der Waals surface area contributed by atoms with E-state index in [1.165, 1.54) is 0 Å². The quantitative estimate of drug-likeness (QED) is 0.791. The second-order valence-corrected chi connectivity index (χ2v) is 9.17. The van der Waals surface area contributed by atoms with Crippen molar-refractivity contribution >= 4 is 22.7 Å². The van der Waals surface area contributed by atoms with Crippen molar-refractivity contribution in [3.63, 3.8) is 0 Å². The Morgan fingerprint density at radius 1 is 1.14 bits per heavy atom. The number of piperidine rings is 1. The second-order valence-electron chi connectivity index (χ2n) is 9.17. The number of para-hydroxylation sites is 1. The Balaban J connectivity index is 1.57. The lowest BCUT2D eigenvalue weighted by Gasteiger charge is -2.46. The van der Waals surface area contributed by atoms with Crippen LogP contribution in [0.5, 0.6) is 0 Å². The van der Waals surface area contributed by atoms with Crippen LogP contribution in [0.1, 0.15) is 74.3 Å². The van der Waals surface area contributed by atoms with Crippen LogP contribution in [0.15, 0.2) is 30.3 Å². The third-order valence-corrected chi connectivity index (χ3v) is 6.97. The number of likely N-dealkylation sites (tertiary alicyclic amines) is 2. The van der Waals surface area contributed by atoms with Gasteiger partial charge in [-0.05, 0) is 64.5 Å². The summed E-state index contributed by atoms with van der Waals surface area (Å²) in [6, 6.07) is 10.1. The van der Waals surface area contributed by atoms with Crippen LogP contribution < -0.4 is 0 Å². The Kier molecular flexibility index (Phi) is 4.37. The van der Waals surface area contributed by atoms with Crippen LogP contribution in [0, 0.1) is 0 Å². The average molecular weight is 392 g/mol. The molecule has 3 heterocycles. The molecule has 1 aromatic heterocycles. The molecule has 0 radical (unpaired) electrons. The summed E-state index contributed by atoms with van der Waals surface area (Å²) in [5.41, 5.74) is 1.96. The van der Waals surface area contributed by atoms with Gasteiger partial charge in [-0.25, -0.2) is 0 Å². The summed E-state index contributed by atoms with van der Waals surface area (Å²) in [7, 11) is 0. The van der Waals surface area contributed by atoms with E-state index in [1.54, 1.807) is 0 Å². The fourth-order valence-corrected chi connectivity index (χ4v) is 5.27. The Morgan fingerprint density at radius 2 is 1.86 bits per heavy atom. The molecule has 1 unspecified atom stereocenters. The smallest absolute Gasteiger partial charge is 0.255 e. The maximum Gasteiger partial charge on any atom is 0.255 e. The Bertz CT molecular complexity index is 981. The third-order valence-electron chi connectivity index (χ3n) is 6.97. The molecule has 1 saturated carbocycles. The Labute approximate surface area is 172 Å². The van der Waals surface area contributed by atoms with E-state index in [9.17, 15) is 9.59 Å². The molecule has 1 aromatic carbocycles. The molecule has 152 valence electrons. The summed E-state index contributed by atoms with van der Waals surface area (Å²) in [5, 5.41) is 0.896. The van der Waals surface area contributed by atoms with Crippen molar-refractivity contribution in [2.45, 2.75) is 69.9 Å². The van der Waals surface area contributed by atoms with Gasteiger partial charge < -0.3 is 9.80 Å². The standard InChI is InChI=1S/C24H29N3O2/c1-16(2)26-13-5-11-24(23(26)29)12-6-14-27(24)22(28)19-15-21(17-9-10-17)25-20-8-4-3-7-18(19)20/h3-4,7-8,15-17H,5-6,9-14H2,1-2H3. The number of hydrogen-bond acceptors (Lipinski definition) is 3. The number of carbonyl (C=O) groups excluding carboxylic acids is 2. The number of pyridine rings is 1. The highest BCUT2D eigenvalue weighted by atomic mass is 16.2. The minimum absolute atomic E-state index is 0.00181. The zero-order chi connectivity index (χ0) is 20.2. The number of nitrogens with zero attached hydrogens (tertiary/aromatic N) is 3. The lowest BCUT2D eigenvalue weighted by Crippen LogP contribution is -2.62. The number of amides is 2. The van der Waals surface area contributed by atoms with Gasteiger partial charge in [0.1, 0.15) is 5.54 Å². The molecule has 29 heavy (non-hydrogen) atoms. The van der Waals surface area contributed by atoms with E-state index >= 15 is 0 Å². The summed E-state index contributed by atoms with van der Waals surface area (Å²) in [6.07, 6.45) is 5.70. The molecule has 3 aliphatic rings. The number of carbonyl (C=O) groups is 2. The first-order valence-electron chi connectivity index (χ1n) is 11.0. The molecule has 1 atom stereocenters. The van der Waals surface area contributed by atoms with E-state index in [0.29, 0.717) is 18.0 Å². The topological polar surface area (TPSA) is 53.5 Å². The Hall–Kier alpha value is -2.43. The van der Waals surface area contributed by atoms with Gasteiger partial charge in [-0.15, -0.1) is 0 Å². The van der Waals surface area contributed by atoms with Gasteiger partial charge in [0, 0.05) is 36.1 Å². The molecular formula is C24H29N3O2. The van der Waals surface area contributed by atoms with Crippen molar-refractivity contribution in [2.75, 3.05) is 13.1 Å². The first-order chi connectivity index (χ1) is 14.0. The molecular weight excluding hydrogens is 362 g/mol. The van der Waals surface area contributed by atoms with Crippen molar-refractivity contribution < 1.29 is 9.59 Å². The summed E-state index contributed by atoms with van der Waals surface area (Å²) in [5.74, 6) is 0.624. The van der Waals surface area contributed by atoms with Crippen LogP contribution in [-0.2, 0) is 4.79 Å². The SMILES string of the molecule is CC(C)N1CCCC2(CCCN2C(=O)c2cc(C3CC3)nc3ccccc23)C1=O. The van der Waals surface area contributed by atoms with E-state index in [0.717, 1.165) is 61.7 Å². The first-order valence-corrected chi connectivity index (χ1v) is 11.0. The van der Waals surface area contributed by atoms with Crippen LogP contribution in [0.3, 0.4) is 0 Å². The lowest BCUT2D eigenvalue weighted by molar-refractivity contribution is -0.147. The monoisotopic (exact) mass is 391 g/mol. The number of hydrogen-bond donors (Lipinski definition) is 0. The van der Waals surface area contributed by atoms with Gasteiger partial charge >= 0.3 is 0 Å². The largest absolute Gasteiger partial charge is 0.338 e. The summed E-state index contributed by atoms with van der Waals surface area (Å²) in [4.78, 5) is 36.1. The van der Waals surface area contributed by atoms with Crippen molar-refractivity contribution in [2.24, 2.45) is 0 Å². The molecule has 2 saturated heterocycles. The van der Waals surface area contributed by atoms with Crippen LogP contribution in [0.4, 0.5) is 0 Å². The minimum atomic E-state index is -0.663. The molecule has 0 N–H and O–H groups in total. The highest BCUT2D eigenvalue weighted by Crippen LogP contribution is 2.42. The van der Waals surface area contributed by atoms with Crippen LogP contribution in [0.25, 0.3) is 10.9 Å². The number of rotatable bonds is 3. The van der Waals surface area contributed by atoms with Gasteiger partial charge in [-0.3, -0.25) is 14.6 Å². The normalized spacial score (nSPS) is 24.9. The average Bonchev–Trinajstić information content (AvgIpc) is 3.49. The molecule has 1 aliphatic carbocycles. The molecule has 2 aromatic rings. The van der Waals surface area contributed by atoms with E-state index in [2.05, 4.69) is 13.8 Å². The van der Waals surface area contributed by atoms with Gasteiger partial charge in [-0.2, -0.15) is 0 Å². The molecule has 5 rings (SSSR count). The van der Waals surface area contributed by atoms with Crippen molar-refractivity contribution in [1.29, 1.82) is 0 Å². The van der Waals surface area contributed by atoms with Gasteiger partial charge in [-0.1, -0.05) is 18.2 Å². The van der Waals surface area contributed by atoms with Crippen molar-refractivity contribution in [3.8, 4) is 0 Å². The fourth-order valence-electron chi connectivity index (χ4n) is 5.27. The van der Waals surface area contributed by atoms with Gasteiger partial charge in [0.05, 0.1) is 11.1 Å².